The molecule has 1 aromatic carbocycles. The summed E-state index contributed by atoms with van der Waals surface area (Å²) < 4.78 is 13.7. The van der Waals surface area contributed by atoms with Gasteiger partial charge in [-0.25, -0.2) is 9.37 Å². The highest BCUT2D eigenvalue weighted by Gasteiger charge is 2.29. The summed E-state index contributed by atoms with van der Waals surface area (Å²) in [7, 11) is 0. The molecule has 0 unspecified atom stereocenters. The average molecular weight is 333 g/mol. The highest BCUT2D eigenvalue weighted by molar-refractivity contribution is 7.16. The third kappa shape index (κ3) is 3.92. The molecule has 5 nitrogen and oxygen atoms in total. The van der Waals surface area contributed by atoms with Gasteiger partial charge in [-0.1, -0.05) is 12.1 Å². The maximum atomic E-state index is 13.7. The Kier molecular flexibility index (Phi) is 4.66. The Balaban J connectivity index is 1.52. The minimum Gasteiger partial charge on any atom is -0.354 e. The summed E-state index contributed by atoms with van der Waals surface area (Å²) >= 11 is 1.14. The summed E-state index contributed by atoms with van der Waals surface area (Å²) in [4.78, 5) is 28.0. The van der Waals surface area contributed by atoms with Crippen LogP contribution in [0.25, 0.3) is 10.6 Å². The topological polar surface area (TPSA) is 71.1 Å². The Labute approximate surface area is 136 Å². The standard InChI is InChI=1S/C16H16FN3O2S/c17-12-4-2-1-3-11(12)16-20-9-13(23-16)15(22)19-8-7-18-14(21)10-5-6-10/h1-4,9-10H,5-8H2,(H,18,21)(H,19,22). The van der Waals surface area contributed by atoms with Gasteiger partial charge >= 0.3 is 0 Å². The van der Waals surface area contributed by atoms with Crippen molar-refractivity contribution in [3.63, 3.8) is 0 Å². The van der Waals surface area contributed by atoms with E-state index in [1.54, 1.807) is 18.2 Å². The number of benzene rings is 1. The van der Waals surface area contributed by atoms with Crippen molar-refractivity contribution in [1.82, 2.24) is 15.6 Å². The van der Waals surface area contributed by atoms with Gasteiger partial charge in [-0.15, -0.1) is 11.3 Å². The van der Waals surface area contributed by atoms with Gasteiger partial charge in [-0.3, -0.25) is 9.59 Å². The van der Waals surface area contributed by atoms with Crippen molar-refractivity contribution in [3.05, 3.63) is 41.2 Å². The minimum atomic E-state index is -0.364. The first-order valence-corrected chi connectivity index (χ1v) is 8.23. The number of hydrogen-bond donors (Lipinski definition) is 2. The quantitative estimate of drug-likeness (QED) is 0.796. The molecule has 1 aromatic heterocycles. The van der Waals surface area contributed by atoms with Crippen molar-refractivity contribution in [2.75, 3.05) is 13.1 Å². The molecule has 0 radical (unpaired) electrons. The fourth-order valence-corrected chi connectivity index (χ4v) is 2.94. The number of amides is 2. The van der Waals surface area contributed by atoms with E-state index in [1.165, 1.54) is 12.3 Å². The van der Waals surface area contributed by atoms with E-state index in [0.717, 1.165) is 24.2 Å². The number of nitrogens with zero attached hydrogens (tertiary/aromatic N) is 1. The Morgan fingerprint density at radius 3 is 2.70 bits per heavy atom. The van der Waals surface area contributed by atoms with Crippen LogP contribution in [0.5, 0.6) is 0 Å². The van der Waals surface area contributed by atoms with E-state index >= 15 is 0 Å². The Bertz CT molecular complexity index is 728. The molecule has 1 fully saturated rings. The lowest BCUT2D eigenvalue weighted by Crippen LogP contribution is -2.35. The second-order valence-corrected chi connectivity index (χ2v) is 6.36. The third-order valence-electron chi connectivity index (χ3n) is 3.49. The second kappa shape index (κ2) is 6.87. The van der Waals surface area contributed by atoms with Gasteiger partial charge in [0, 0.05) is 24.6 Å². The number of aromatic nitrogens is 1. The fourth-order valence-electron chi connectivity index (χ4n) is 2.08. The number of halogens is 1. The molecular weight excluding hydrogens is 317 g/mol. The Morgan fingerprint density at radius 2 is 1.96 bits per heavy atom. The Morgan fingerprint density at radius 1 is 1.22 bits per heavy atom. The fraction of sp³-hybridized carbons (Fsp3) is 0.312. The maximum Gasteiger partial charge on any atom is 0.263 e. The predicted molar refractivity (Wildman–Crippen MR) is 85.6 cm³/mol. The number of rotatable bonds is 6. The summed E-state index contributed by atoms with van der Waals surface area (Å²) in [6, 6.07) is 6.32. The molecule has 0 spiro atoms. The zero-order chi connectivity index (χ0) is 16.2. The molecule has 0 bridgehead atoms. The number of nitrogens with one attached hydrogen (secondary N) is 2. The van der Waals surface area contributed by atoms with Crippen molar-refractivity contribution in [1.29, 1.82) is 0 Å². The van der Waals surface area contributed by atoms with E-state index in [4.69, 9.17) is 0 Å². The predicted octanol–water partition coefficient (Wildman–Crippen LogP) is 2.21. The van der Waals surface area contributed by atoms with Gasteiger partial charge in [-0.2, -0.15) is 0 Å². The van der Waals surface area contributed by atoms with Gasteiger partial charge in [0.25, 0.3) is 5.91 Å². The summed E-state index contributed by atoms with van der Waals surface area (Å²) in [5.74, 6) is -0.420. The lowest BCUT2D eigenvalue weighted by atomic mass is 10.2. The van der Waals surface area contributed by atoms with Gasteiger partial charge in [0.15, 0.2) is 0 Å². The van der Waals surface area contributed by atoms with Crippen LogP contribution in [-0.2, 0) is 4.79 Å². The normalized spacial score (nSPS) is 13.6. The second-order valence-electron chi connectivity index (χ2n) is 5.33. The average Bonchev–Trinajstić information content (AvgIpc) is 3.29. The molecule has 23 heavy (non-hydrogen) atoms. The molecule has 2 aromatic rings. The lowest BCUT2D eigenvalue weighted by Gasteiger charge is -2.05. The van der Waals surface area contributed by atoms with Crippen LogP contribution in [0.3, 0.4) is 0 Å². The molecule has 3 rings (SSSR count). The highest BCUT2D eigenvalue weighted by atomic mass is 32.1. The van der Waals surface area contributed by atoms with Crippen molar-refractivity contribution < 1.29 is 14.0 Å². The van der Waals surface area contributed by atoms with Crippen LogP contribution in [0.4, 0.5) is 4.39 Å². The van der Waals surface area contributed by atoms with Gasteiger partial charge in [0.05, 0.1) is 6.20 Å². The first-order chi connectivity index (χ1) is 11.1. The van der Waals surface area contributed by atoms with E-state index in [0.29, 0.717) is 28.5 Å². The smallest absolute Gasteiger partial charge is 0.263 e. The third-order valence-corrected chi connectivity index (χ3v) is 4.52. The first kappa shape index (κ1) is 15.6. The van der Waals surface area contributed by atoms with Crippen molar-refractivity contribution in [3.8, 4) is 10.6 Å². The van der Waals surface area contributed by atoms with E-state index in [2.05, 4.69) is 15.6 Å². The molecule has 0 aliphatic heterocycles. The largest absolute Gasteiger partial charge is 0.354 e. The molecule has 1 heterocycles. The summed E-state index contributed by atoms with van der Waals surface area (Å²) in [6.45, 7) is 0.754. The molecule has 2 N–H and O–H groups in total. The number of hydrogen-bond acceptors (Lipinski definition) is 4. The SMILES string of the molecule is O=C(NCCNC(=O)C1CC1)c1cnc(-c2ccccc2F)s1. The van der Waals surface area contributed by atoms with Crippen LogP contribution in [0.15, 0.2) is 30.5 Å². The van der Waals surface area contributed by atoms with Gasteiger partial charge < -0.3 is 10.6 Å². The van der Waals surface area contributed by atoms with Crippen LogP contribution < -0.4 is 10.6 Å². The van der Waals surface area contributed by atoms with Gasteiger partial charge in [-0.05, 0) is 25.0 Å². The van der Waals surface area contributed by atoms with Crippen molar-refractivity contribution in [2.24, 2.45) is 5.92 Å². The molecule has 2 amide bonds. The lowest BCUT2D eigenvalue weighted by molar-refractivity contribution is -0.122. The van der Waals surface area contributed by atoms with E-state index in [-0.39, 0.29) is 23.5 Å². The summed E-state index contributed by atoms with van der Waals surface area (Å²) in [5, 5.41) is 5.96. The number of carbonyl (C=O) groups is 2. The molecule has 1 saturated carbocycles. The maximum absolute atomic E-state index is 13.7. The molecule has 0 saturated heterocycles. The van der Waals surface area contributed by atoms with Crippen LogP contribution >= 0.6 is 11.3 Å². The zero-order valence-electron chi connectivity index (χ0n) is 12.3. The molecule has 1 aliphatic carbocycles. The van der Waals surface area contributed by atoms with Crippen molar-refractivity contribution in [2.45, 2.75) is 12.8 Å². The van der Waals surface area contributed by atoms with Crippen LogP contribution in [0, 0.1) is 11.7 Å². The molecule has 7 heteroatoms. The van der Waals surface area contributed by atoms with Gasteiger partial charge in [0.2, 0.25) is 5.91 Å². The first-order valence-electron chi connectivity index (χ1n) is 7.42. The van der Waals surface area contributed by atoms with Crippen LogP contribution in [-0.4, -0.2) is 29.9 Å². The Hall–Kier alpha value is -2.28. The summed E-state index contributed by atoms with van der Waals surface area (Å²) in [6.07, 6.45) is 3.35. The van der Waals surface area contributed by atoms with Gasteiger partial charge in [0.1, 0.15) is 15.7 Å². The van der Waals surface area contributed by atoms with E-state index < -0.39 is 0 Å². The molecular formula is C16H16FN3O2S. The molecule has 120 valence electrons. The monoisotopic (exact) mass is 333 g/mol. The van der Waals surface area contributed by atoms with Crippen LogP contribution in [0.2, 0.25) is 0 Å². The summed E-state index contributed by atoms with van der Waals surface area (Å²) in [5.41, 5.74) is 0.383. The minimum absolute atomic E-state index is 0.0545. The van der Waals surface area contributed by atoms with E-state index in [1.807, 2.05) is 0 Å². The van der Waals surface area contributed by atoms with E-state index in [9.17, 15) is 14.0 Å². The zero-order valence-corrected chi connectivity index (χ0v) is 13.2. The van der Waals surface area contributed by atoms with Crippen LogP contribution in [0.1, 0.15) is 22.5 Å². The number of thiazole rings is 1. The van der Waals surface area contributed by atoms with Crippen molar-refractivity contribution >= 4 is 23.2 Å². The molecule has 0 atom stereocenters. The highest BCUT2D eigenvalue weighted by Crippen LogP contribution is 2.28. The molecule has 1 aliphatic rings. The number of carbonyl (C=O) groups excluding carboxylic acids is 2.